The lowest BCUT2D eigenvalue weighted by molar-refractivity contribution is 0.0698. The molecule has 0 saturated carbocycles. The number of nitrogens with one attached hydrogen (secondary N) is 1. The highest BCUT2D eigenvalue weighted by Crippen LogP contribution is 2.31. The number of aryl methyl sites for hydroxylation is 2. The summed E-state index contributed by atoms with van der Waals surface area (Å²) < 4.78 is 13.4. The number of halogens is 1. The van der Waals surface area contributed by atoms with E-state index in [4.69, 9.17) is 5.11 Å². The van der Waals surface area contributed by atoms with Crippen LogP contribution in [0.3, 0.4) is 0 Å². The summed E-state index contributed by atoms with van der Waals surface area (Å²) in [7, 11) is 0. The Morgan fingerprint density at radius 3 is 2.70 bits per heavy atom. The van der Waals surface area contributed by atoms with Gasteiger partial charge in [-0.25, -0.2) is 14.2 Å². The Morgan fingerprint density at radius 1 is 1.35 bits per heavy atom. The Morgan fingerprint density at radius 2 is 2.10 bits per heavy atom. The largest absolute Gasteiger partial charge is 0.478 e. The molecule has 3 aromatic rings. The van der Waals surface area contributed by atoms with E-state index in [1.165, 1.54) is 10.9 Å². The van der Waals surface area contributed by atoms with Crippen molar-refractivity contribution in [1.82, 2.24) is 9.97 Å². The van der Waals surface area contributed by atoms with E-state index in [1.807, 2.05) is 19.9 Å². The van der Waals surface area contributed by atoms with E-state index in [0.717, 1.165) is 16.5 Å². The molecule has 0 unspecified atom stereocenters. The summed E-state index contributed by atoms with van der Waals surface area (Å²) in [6, 6.07) is 4.22. The summed E-state index contributed by atoms with van der Waals surface area (Å²) in [5.74, 6) is -1.22. The Bertz CT molecular complexity index is 816. The van der Waals surface area contributed by atoms with Crippen LogP contribution >= 0.6 is 11.3 Å². The van der Waals surface area contributed by atoms with Crippen LogP contribution in [-0.2, 0) is 0 Å². The van der Waals surface area contributed by atoms with Crippen LogP contribution in [-0.4, -0.2) is 21.0 Å². The second kappa shape index (κ2) is 4.42. The number of rotatable bonds is 2. The highest BCUT2D eigenvalue weighted by molar-refractivity contribution is 7.15. The molecular formula is C14H11FN2O2S. The minimum atomic E-state index is -1.19. The summed E-state index contributed by atoms with van der Waals surface area (Å²) in [5, 5.41) is 9.12. The monoisotopic (exact) mass is 290 g/mol. The fraction of sp³-hybridized carbons (Fsp3) is 0.143. The summed E-state index contributed by atoms with van der Waals surface area (Å²) in [4.78, 5) is 20.5. The van der Waals surface area contributed by atoms with Gasteiger partial charge in [0.15, 0.2) is 0 Å². The van der Waals surface area contributed by atoms with E-state index >= 15 is 0 Å². The predicted molar refractivity (Wildman–Crippen MR) is 75.8 cm³/mol. The summed E-state index contributed by atoms with van der Waals surface area (Å²) in [5.41, 5.74) is 1.68. The molecule has 3 rings (SSSR count). The number of carboxylic acid groups (broad SMARTS) is 1. The summed E-state index contributed by atoms with van der Waals surface area (Å²) in [6.45, 7) is 4.01. The molecule has 0 atom stereocenters. The number of imidazole rings is 1. The quantitative estimate of drug-likeness (QED) is 0.755. The minimum absolute atomic E-state index is 0.132. The van der Waals surface area contributed by atoms with Gasteiger partial charge in [0.1, 0.15) is 17.2 Å². The molecule has 6 heteroatoms. The van der Waals surface area contributed by atoms with Gasteiger partial charge < -0.3 is 10.1 Å². The van der Waals surface area contributed by atoms with Crippen molar-refractivity contribution in [3.05, 3.63) is 40.0 Å². The lowest BCUT2D eigenvalue weighted by atomic mass is 10.2. The maximum atomic E-state index is 13.4. The van der Waals surface area contributed by atoms with Gasteiger partial charge in [-0.1, -0.05) is 0 Å². The minimum Gasteiger partial charge on any atom is -0.478 e. The van der Waals surface area contributed by atoms with Gasteiger partial charge in [-0.3, -0.25) is 0 Å². The zero-order valence-corrected chi connectivity index (χ0v) is 11.6. The van der Waals surface area contributed by atoms with Gasteiger partial charge in [0.05, 0.1) is 16.0 Å². The Hall–Kier alpha value is -2.21. The van der Waals surface area contributed by atoms with E-state index in [1.54, 1.807) is 11.3 Å². The first-order valence-corrected chi connectivity index (χ1v) is 6.77. The van der Waals surface area contributed by atoms with E-state index < -0.39 is 11.8 Å². The topological polar surface area (TPSA) is 66.0 Å². The number of carboxylic acids is 1. The Labute approximate surface area is 117 Å². The van der Waals surface area contributed by atoms with Crippen molar-refractivity contribution in [1.29, 1.82) is 0 Å². The number of aromatic nitrogens is 2. The SMILES string of the molecule is Cc1cc(-c2nc3c(C(=O)O)cc(F)cc3[nH]2)sc1C. The number of thiophene rings is 1. The number of aromatic amines is 1. The normalized spacial score (nSPS) is 11.2. The fourth-order valence-electron chi connectivity index (χ4n) is 2.05. The van der Waals surface area contributed by atoms with Gasteiger partial charge in [-0.15, -0.1) is 11.3 Å². The lowest BCUT2D eigenvalue weighted by Crippen LogP contribution is -1.98. The standard InChI is InChI=1S/C14H11FN2O2S/c1-6-3-11(20-7(6)2)13-16-10-5-8(15)4-9(14(18)19)12(10)17-13/h3-5H,1-2H3,(H,16,17)(H,18,19). The molecule has 0 radical (unpaired) electrons. The van der Waals surface area contributed by atoms with Crippen molar-refractivity contribution in [3.63, 3.8) is 0 Å². The van der Waals surface area contributed by atoms with Crippen LogP contribution in [0.2, 0.25) is 0 Å². The molecule has 2 N–H and O–H groups in total. The molecule has 102 valence electrons. The molecule has 1 aromatic carbocycles. The molecule has 4 nitrogen and oxygen atoms in total. The summed E-state index contributed by atoms with van der Waals surface area (Å²) in [6.07, 6.45) is 0. The molecule has 0 fully saturated rings. The third-order valence-electron chi connectivity index (χ3n) is 3.18. The van der Waals surface area contributed by atoms with Gasteiger partial charge in [-0.2, -0.15) is 0 Å². The third kappa shape index (κ3) is 1.98. The molecule has 0 bridgehead atoms. The van der Waals surface area contributed by atoms with Crippen LogP contribution in [0.5, 0.6) is 0 Å². The van der Waals surface area contributed by atoms with Gasteiger partial charge in [0, 0.05) is 4.88 Å². The van der Waals surface area contributed by atoms with Crippen molar-refractivity contribution in [2.45, 2.75) is 13.8 Å². The van der Waals surface area contributed by atoms with E-state index in [9.17, 15) is 9.18 Å². The average Bonchev–Trinajstić information content (AvgIpc) is 2.92. The zero-order chi connectivity index (χ0) is 14.4. The first kappa shape index (κ1) is 12.8. The van der Waals surface area contributed by atoms with Gasteiger partial charge in [0.2, 0.25) is 0 Å². The Kier molecular flexibility index (Phi) is 2.83. The van der Waals surface area contributed by atoms with Crippen LogP contribution in [0, 0.1) is 19.7 Å². The number of aromatic carboxylic acids is 1. The van der Waals surface area contributed by atoms with E-state index in [0.29, 0.717) is 11.3 Å². The van der Waals surface area contributed by atoms with Crippen molar-refractivity contribution in [3.8, 4) is 10.7 Å². The number of nitrogens with zero attached hydrogens (tertiary/aromatic N) is 1. The van der Waals surface area contributed by atoms with Crippen LogP contribution in [0.25, 0.3) is 21.7 Å². The lowest BCUT2D eigenvalue weighted by Gasteiger charge is -1.95. The van der Waals surface area contributed by atoms with Crippen LogP contribution < -0.4 is 0 Å². The molecule has 0 spiro atoms. The van der Waals surface area contributed by atoms with E-state index in [2.05, 4.69) is 9.97 Å². The molecular weight excluding hydrogens is 279 g/mol. The first-order chi connectivity index (χ1) is 9.45. The van der Waals surface area contributed by atoms with Gasteiger partial charge >= 0.3 is 5.97 Å². The molecule has 0 saturated heterocycles. The number of hydrogen-bond donors (Lipinski definition) is 2. The first-order valence-electron chi connectivity index (χ1n) is 5.95. The highest BCUT2D eigenvalue weighted by Gasteiger charge is 2.16. The molecule has 0 aliphatic heterocycles. The smallest absolute Gasteiger partial charge is 0.338 e. The van der Waals surface area contributed by atoms with Crippen molar-refractivity contribution >= 4 is 28.3 Å². The van der Waals surface area contributed by atoms with Gasteiger partial charge in [0.25, 0.3) is 0 Å². The second-order valence-electron chi connectivity index (χ2n) is 4.59. The number of benzene rings is 1. The van der Waals surface area contributed by atoms with Gasteiger partial charge in [-0.05, 0) is 37.6 Å². The molecule has 0 amide bonds. The Balaban J connectivity index is 2.24. The zero-order valence-electron chi connectivity index (χ0n) is 10.8. The summed E-state index contributed by atoms with van der Waals surface area (Å²) >= 11 is 1.57. The molecule has 0 aliphatic rings. The predicted octanol–water partition coefficient (Wildman–Crippen LogP) is 3.75. The van der Waals surface area contributed by atoms with E-state index in [-0.39, 0.29) is 11.1 Å². The third-order valence-corrected chi connectivity index (χ3v) is 4.34. The van der Waals surface area contributed by atoms with Crippen molar-refractivity contribution < 1.29 is 14.3 Å². The molecule has 2 heterocycles. The number of fused-ring (bicyclic) bond motifs is 1. The second-order valence-corrected chi connectivity index (χ2v) is 5.85. The number of H-pyrrole nitrogens is 1. The van der Waals surface area contributed by atoms with Crippen molar-refractivity contribution in [2.24, 2.45) is 0 Å². The average molecular weight is 290 g/mol. The molecule has 0 aliphatic carbocycles. The molecule has 2 aromatic heterocycles. The maximum absolute atomic E-state index is 13.4. The molecule has 20 heavy (non-hydrogen) atoms. The maximum Gasteiger partial charge on any atom is 0.338 e. The van der Waals surface area contributed by atoms with Crippen LogP contribution in [0.4, 0.5) is 4.39 Å². The fourth-order valence-corrected chi connectivity index (χ4v) is 3.03. The highest BCUT2D eigenvalue weighted by atomic mass is 32.1. The number of carbonyl (C=O) groups is 1. The van der Waals surface area contributed by atoms with Crippen molar-refractivity contribution in [2.75, 3.05) is 0 Å². The van der Waals surface area contributed by atoms with Crippen LogP contribution in [0.15, 0.2) is 18.2 Å². The number of hydrogen-bond acceptors (Lipinski definition) is 3. The van der Waals surface area contributed by atoms with Crippen LogP contribution in [0.1, 0.15) is 20.8 Å².